The number of allylic oxidation sites excluding steroid dienone is 2. The lowest BCUT2D eigenvalue weighted by Crippen LogP contribution is -2.37. The van der Waals surface area contributed by atoms with Gasteiger partial charge in [-0.3, -0.25) is 19.3 Å². The summed E-state index contributed by atoms with van der Waals surface area (Å²) in [7, 11) is 0. The smallest absolute Gasteiger partial charge is 0.325 e. The number of anilines is 1. The van der Waals surface area contributed by atoms with Crippen LogP contribution in [0.25, 0.3) is 10.9 Å². The van der Waals surface area contributed by atoms with Crippen molar-refractivity contribution in [3.63, 3.8) is 0 Å². The first-order valence-electron chi connectivity index (χ1n) is 10.7. The number of rotatable bonds is 6. The monoisotopic (exact) mass is 425 g/mol. The number of carboxylic acids is 2. The first-order valence-corrected chi connectivity index (χ1v) is 10.7. The number of nitrogens with zero attached hydrogens (tertiary/aromatic N) is 1. The van der Waals surface area contributed by atoms with Crippen LogP contribution >= 0.6 is 0 Å². The third-order valence-electron chi connectivity index (χ3n) is 6.35. The first-order chi connectivity index (χ1) is 15.0. The topological polar surface area (TPSA) is 123 Å². The molecule has 4 rings (SSSR count). The number of benzene rings is 1. The molecule has 1 aliphatic heterocycles. The lowest BCUT2D eigenvalue weighted by Gasteiger charge is -2.31. The molecular weight excluding hydrogens is 398 g/mol. The van der Waals surface area contributed by atoms with E-state index in [0.29, 0.717) is 24.1 Å². The van der Waals surface area contributed by atoms with Crippen LogP contribution in [0.5, 0.6) is 0 Å². The van der Waals surface area contributed by atoms with Crippen LogP contribution in [0.15, 0.2) is 36.5 Å². The molecule has 4 N–H and O–H groups in total. The van der Waals surface area contributed by atoms with Crippen LogP contribution in [0.1, 0.15) is 43.7 Å². The molecule has 1 saturated heterocycles. The summed E-state index contributed by atoms with van der Waals surface area (Å²) in [6.45, 7) is 1.48. The van der Waals surface area contributed by atoms with E-state index in [1.165, 1.54) is 0 Å². The molecule has 2 aromatic rings. The van der Waals surface area contributed by atoms with Crippen LogP contribution in [0.4, 0.5) is 5.69 Å². The minimum atomic E-state index is -0.973. The van der Waals surface area contributed by atoms with Crippen LogP contribution in [-0.2, 0) is 14.4 Å². The highest BCUT2D eigenvalue weighted by Gasteiger charge is 2.34. The van der Waals surface area contributed by atoms with Gasteiger partial charge in [0.15, 0.2) is 0 Å². The quantitative estimate of drug-likeness (QED) is 0.526. The predicted molar refractivity (Wildman–Crippen MR) is 116 cm³/mol. The summed E-state index contributed by atoms with van der Waals surface area (Å²) >= 11 is 0. The normalized spacial score (nSPS) is 22.8. The predicted octanol–water partition coefficient (Wildman–Crippen LogP) is 3.39. The molecule has 1 fully saturated rings. The van der Waals surface area contributed by atoms with E-state index in [-0.39, 0.29) is 5.91 Å². The average Bonchev–Trinajstić information content (AvgIpc) is 3.17. The van der Waals surface area contributed by atoms with Gasteiger partial charge in [0, 0.05) is 28.4 Å². The van der Waals surface area contributed by atoms with E-state index in [0.717, 1.165) is 43.3 Å². The number of nitrogens with one attached hydrogen (secondary N) is 2. The molecule has 3 unspecified atom stereocenters. The Morgan fingerprint density at radius 2 is 1.74 bits per heavy atom. The molecule has 1 aromatic heterocycles. The molecule has 1 aliphatic carbocycles. The molecule has 0 bridgehead atoms. The Morgan fingerprint density at radius 1 is 1.03 bits per heavy atom. The van der Waals surface area contributed by atoms with Crippen LogP contribution in [0, 0.1) is 11.8 Å². The maximum atomic E-state index is 12.8. The lowest BCUT2D eigenvalue weighted by atomic mass is 9.82. The van der Waals surface area contributed by atoms with Crippen LogP contribution < -0.4 is 5.32 Å². The zero-order valence-corrected chi connectivity index (χ0v) is 17.2. The first kappa shape index (κ1) is 21.1. The van der Waals surface area contributed by atoms with E-state index < -0.39 is 29.8 Å². The van der Waals surface area contributed by atoms with Crippen LogP contribution in [0.2, 0.25) is 0 Å². The van der Waals surface area contributed by atoms with Gasteiger partial charge in [-0.1, -0.05) is 18.6 Å². The van der Waals surface area contributed by atoms with Crippen molar-refractivity contribution in [1.82, 2.24) is 9.88 Å². The van der Waals surface area contributed by atoms with Crippen LogP contribution in [-0.4, -0.2) is 51.0 Å². The summed E-state index contributed by atoms with van der Waals surface area (Å²) in [6, 6.07) is 4.57. The average molecular weight is 425 g/mol. The minimum Gasteiger partial charge on any atom is -0.481 e. The second kappa shape index (κ2) is 8.93. The standard InChI is InChI=1S/C23H27N3O5/c27-21(15-6-2-3-7-16(15)22(28)29)25-14-8-9-19-17(12-14)18(13-24-19)20(23(30)31)26-10-4-1-5-11-26/h2-3,8-9,12-13,15-16,20,24H,1,4-7,10-11H2,(H,25,27)(H,28,29)(H,30,31). The molecule has 0 spiro atoms. The molecular formula is C23H27N3O5. The highest BCUT2D eigenvalue weighted by atomic mass is 16.4. The Bertz CT molecular complexity index is 1020. The van der Waals surface area contributed by atoms with Crippen molar-refractivity contribution in [3.8, 4) is 0 Å². The number of carbonyl (C=O) groups excluding carboxylic acids is 1. The second-order valence-corrected chi connectivity index (χ2v) is 8.33. The number of carboxylic acid groups (broad SMARTS) is 2. The molecule has 8 heteroatoms. The third-order valence-corrected chi connectivity index (χ3v) is 6.35. The van der Waals surface area contributed by atoms with Crippen LogP contribution in [0.3, 0.4) is 0 Å². The zero-order valence-electron chi connectivity index (χ0n) is 17.2. The Kier molecular flexibility index (Phi) is 6.08. The molecule has 2 aliphatic rings. The highest BCUT2D eigenvalue weighted by Crippen LogP contribution is 2.33. The summed E-state index contributed by atoms with van der Waals surface area (Å²) in [5, 5.41) is 23.0. The molecule has 1 amide bonds. The summed E-state index contributed by atoms with van der Waals surface area (Å²) in [6.07, 6.45) is 9.17. The maximum Gasteiger partial charge on any atom is 0.325 e. The Morgan fingerprint density at radius 3 is 2.42 bits per heavy atom. The van der Waals surface area contributed by atoms with Gasteiger partial charge in [0.25, 0.3) is 0 Å². The number of fused-ring (bicyclic) bond motifs is 1. The molecule has 0 saturated carbocycles. The summed E-state index contributed by atoms with van der Waals surface area (Å²) in [4.78, 5) is 41.6. The Balaban J connectivity index is 1.60. The molecule has 3 atom stereocenters. The van der Waals surface area contributed by atoms with E-state index in [4.69, 9.17) is 0 Å². The van der Waals surface area contributed by atoms with E-state index in [1.807, 2.05) is 11.0 Å². The van der Waals surface area contributed by atoms with Gasteiger partial charge in [0.1, 0.15) is 6.04 Å². The Hall–Kier alpha value is -3.13. The molecule has 164 valence electrons. The second-order valence-electron chi connectivity index (χ2n) is 8.33. The van der Waals surface area contributed by atoms with E-state index in [2.05, 4.69) is 10.3 Å². The maximum absolute atomic E-state index is 12.8. The van der Waals surface area contributed by atoms with Crippen molar-refractivity contribution >= 4 is 34.4 Å². The molecule has 0 radical (unpaired) electrons. The number of likely N-dealkylation sites (tertiary alicyclic amines) is 1. The number of piperidine rings is 1. The highest BCUT2D eigenvalue weighted by molar-refractivity contribution is 5.98. The number of H-pyrrole nitrogens is 1. The number of hydrogen-bond donors (Lipinski definition) is 4. The number of aromatic nitrogens is 1. The summed E-state index contributed by atoms with van der Waals surface area (Å²) < 4.78 is 0. The van der Waals surface area contributed by atoms with Gasteiger partial charge < -0.3 is 20.5 Å². The van der Waals surface area contributed by atoms with Gasteiger partial charge in [-0.2, -0.15) is 0 Å². The van der Waals surface area contributed by atoms with Crippen molar-refractivity contribution in [3.05, 3.63) is 42.1 Å². The van der Waals surface area contributed by atoms with Crippen molar-refractivity contribution in [2.75, 3.05) is 18.4 Å². The number of carbonyl (C=O) groups is 3. The molecule has 31 heavy (non-hydrogen) atoms. The van der Waals surface area contributed by atoms with Gasteiger partial charge in [-0.25, -0.2) is 0 Å². The zero-order chi connectivity index (χ0) is 22.0. The van der Waals surface area contributed by atoms with Gasteiger partial charge in [0.05, 0.1) is 11.8 Å². The Labute approximate surface area is 179 Å². The molecule has 8 nitrogen and oxygen atoms in total. The van der Waals surface area contributed by atoms with Gasteiger partial charge in [0.2, 0.25) is 5.91 Å². The van der Waals surface area contributed by atoms with Gasteiger partial charge >= 0.3 is 11.9 Å². The van der Waals surface area contributed by atoms with E-state index in [9.17, 15) is 24.6 Å². The van der Waals surface area contributed by atoms with Crippen molar-refractivity contribution in [2.45, 2.75) is 38.1 Å². The summed E-state index contributed by atoms with van der Waals surface area (Å²) in [5.74, 6) is -3.58. The number of aliphatic carboxylic acids is 2. The molecule has 1 aromatic carbocycles. The SMILES string of the molecule is O=C(O)C1CC=CCC1C(=O)Nc1ccc2[nH]cc(C(C(=O)O)N3CCCCC3)c2c1. The van der Waals surface area contributed by atoms with E-state index in [1.54, 1.807) is 30.5 Å². The minimum absolute atomic E-state index is 0.334. The van der Waals surface area contributed by atoms with E-state index >= 15 is 0 Å². The number of hydrogen-bond acceptors (Lipinski definition) is 4. The fraction of sp³-hybridized carbons (Fsp3) is 0.435. The van der Waals surface area contributed by atoms with Crippen molar-refractivity contribution in [1.29, 1.82) is 0 Å². The largest absolute Gasteiger partial charge is 0.481 e. The fourth-order valence-electron chi connectivity index (χ4n) is 4.72. The number of amides is 1. The third kappa shape index (κ3) is 4.34. The molecule has 2 heterocycles. The van der Waals surface area contributed by atoms with Crippen molar-refractivity contribution in [2.24, 2.45) is 11.8 Å². The lowest BCUT2D eigenvalue weighted by molar-refractivity contribution is -0.146. The van der Waals surface area contributed by atoms with Crippen molar-refractivity contribution < 1.29 is 24.6 Å². The van der Waals surface area contributed by atoms with Gasteiger partial charge in [-0.05, 0) is 57.0 Å². The van der Waals surface area contributed by atoms with Gasteiger partial charge in [-0.15, -0.1) is 0 Å². The number of aromatic amines is 1. The summed E-state index contributed by atoms with van der Waals surface area (Å²) in [5.41, 5.74) is 1.99. The fourth-order valence-corrected chi connectivity index (χ4v) is 4.72.